The van der Waals surface area contributed by atoms with Gasteiger partial charge in [-0.2, -0.15) is 0 Å². The van der Waals surface area contributed by atoms with E-state index >= 15 is 0 Å². The van der Waals surface area contributed by atoms with Crippen molar-refractivity contribution >= 4 is 41.2 Å². The molecule has 2 atom stereocenters. The monoisotopic (exact) mass is 915 g/mol. The molecule has 8 N–H and O–H groups in total. The van der Waals surface area contributed by atoms with Crippen LogP contribution < -0.4 is 32.3 Å². The highest BCUT2D eigenvalue weighted by Crippen LogP contribution is 2.14. The number of rotatable bonds is 48. The number of carbonyl (C=O) groups excluding carboxylic acids is 6. The number of Topliss-reactive ketones (excluding diaryl/α,β-unsaturated/α-hetero) is 2. The molecule has 4 amide bonds. The van der Waals surface area contributed by atoms with E-state index in [1.807, 2.05) is 0 Å². The Morgan fingerprint density at radius 3 is 1.36 bits per heavy atom. The molecule has 0 aromatic carbocycles. The number of aliphatic carboxylic acids is 1. The second-order valence-electron chi connectivity index (χ2n) is 16.2. The van der Waals surface area contributed by atoms with Crippen molar-refractivity contribution in [3.8, 4) is 0 Å². The molecule has 0 aliphatic heterocycles. The number of unbranched alkanes of at least 4 members (excludes halogenated alkanes) is 16. The van der Waals surface area contributed by atoms with Crippen LogP contribution in [-0.2, 0) is 52.5 Å². The summed E-state index contributed by atoms with van der Waals surface area (Å²) in [6.07, 6.45) is 21.4. The quantitative estimate of drug-likeness (QED) is 0.0430. The molecular formula is C46H86N6O12. The van der Waals surface area contributed by atoms with E-state index in [2.05, 4.69) is 26.6 Å². The highest BCUT2D eigenvalue weighted by Gasteiger charge is 2.18. The summed E-state index contributed by atoms with van der Waals surface area (Å²) in [5.41, 5.74) is 5.39. The molecule has 372 valence electrons. The molecule has 0 aromatic rings. The van der Waals surface area contributed by atoms with Crippen molar-refractivity contribution in [2.75, 3.05) is 86.1 Å². The van der Waals surface area contributed by atoms with E-state index in [4.69, 9.17) is 29.8 Å². The summed E-state index contributed by atoms with van der Waals surface area (Å²) in [6.45, 7) is 3.70. The average Bonchev–Trinajstić information content (AvgIpc) is 3.27. The highest BCUT2D eigenvalue weighted by molar-refractivity contribution is 5.88. The Morgan fingerprint density at radius 2 is 0.906 bits per heavy atom. The molecule has 0 bridgehead atoms. The number of ketones is 2. The van der Waals surface area contributed by atoms with E-state index in [9.17, 15) is 33.6 Å². The van der Waals surface area contributed by atoms with Gasteiger partial charge >= 0.3 is 5.97 Å². The van der Waals surface area contributed by atoms with Crippen molar-refractivity contribution in [2.24, 2.45) is 5.73 Å². The number of hydrogen-bond donors (Lipinski definition) is 7. The van der Waals surface area contributed by atoms with E-state index in [0.29, 0.717) is 19.4 Å². The topological polar surface area (TPSA) is 263 Å². The van der Waals surface area contributed by atoms with E-state index in [1.165, 1.54) is 71.1 Å². The molecule has 0 aliphatic rings. The molecule has 0 heterocycles. The van der Waals surface area contributed by atoms with Crippen molar-refractivity contribution in [3.05, 3.63) is 0 Å². The number of carboxylic acids is 1. The van der Waals surface area contributed by atoms with Gasteiger partial charge in [-0.3, -0.25) is 33.6 Å². The Bertz CT molecular complexity index is 1240. The minimum atomic E-state index is -0.699. The second-order valence-corrected chi connectivity index (χ2v) is 16.2. The molecule has 0 aromatic heterocycles. The van der Waals surface area contributed by atoms with Crippen LogP contribution >= 0.6 is 0 Å². The first kappa shape index (κ1) is 60.5. The van der Waals surface area contributed by atoms with Gasteiger partial charge in [-0.25, -0.2) is 0 Å². The number of ether oxygens (including phenoxy) is 4. The van der Waals surface area contributed by atoms with E-state index < -0.39 is 12.0 Å². The van der Waals surface area contributed by atoms with Crippen molar-refractivity contribution < 1.29 is 57.6 Å². The van der Waals surface area contributed by atoms with Crippen LogP contribution in [-0.4, -0.2) is 144 Å². The van der Waals surface area contributed by atoms with Crippen LogP contribution in [0.1, 0.15) is 155 Å². The van der Waals surface area contributed by atoms with Gasteiger partial charge in [0.25, 0.3) is 0 Å². The lowest BCUT2D eigenvalue weighted by Crippen LogP contribution is -2.40. The standard InChI is InChI=1S/C46H86N6O12/c1-38(53)39(52-43(56)22-17-15-13-11-9-7-5-3-4-6-8-10-12-14-16-18-23-46(59)60)24-25-42(55)50-27-29-61-31-34-64-37-45(58)51-28-30-62-32-33-63-36-44(57)49-26-20-19-21-40(48-2)41(54)35-47/h39-40,48H,3-37,47H2,1-2H3,(H,49,57)(H,50,55)(H,51,58)(H,52,56)(H,59,60)/t39?,40-/m0/s1. The number of nitrogens with two attached hydrogens (primary N) is 1. The molecule has 0 spiro atoms. The molecular weight excluding hydrogens is 829 g/mol. The third-order valence-electron chi connectivity index (χ3n) is 10.6. The van der Waals surface area contributed by atoms with Crippen LogP contribution in [0.5, 0.6) is 0 Å². The molecule has 0 fully saturated rings. The highest BCUT2D eigenvalue weighted by atomic mass is 16.5. The van der Waals surface area contributed by atoms with Gasteiger partial charge in [-0.1, -0.05) is 89.9 Å². The molecule has 64 heavy (non-hydrogen) atoms. The number of carbonyl (C=O) groups is 7. The van der Waals surface area contributed by atoms with E-state index in [0.717, 1.165) is 51.4 Å². The minimum Gasteiger partial charge on any atom is -0.481 e. The van der Waals surface area contributed by atoms with Gasteiger partial charge < -0.3 is 56.4 Å². The van der Waals surface area contributed by atoms with Crippen molar-refractivity contribution in [1.29, 1.82) is 0 Å². The summed E-state index contributed by atoms with van der Waals surface area (Å²) in [4.78, 5) is 82.9. The van der Waals surface area contributed by atoms with Crippen molar-refractivity contribution in [1.82, 2.24) is 26.6 Å². The predicted octanol–water partition coefficient (Wildman–Crippen LogP) is 3.65. The Labute approximate surface area is 383 Å². The summed E-state index contributed by atoms with van der Waals surface area (Å²) in [5, 5.41) is 22.6. The first-order valence-electron chi connectivity index (χ1n) is 24.0. The maximum absolute atomic E-state index is 12.5. The fraction of sp³-hybridized carbons (Fsp3) is 0.848. The van der Waals surface area contributed by atoms with Crippen molar-refractivity contribution in [2.45, 2.75) is 167 Å². The van der Waals surface area contributed by atoms with Gasteiger partial charge in [-0.15, -0.1) is 0 Å². The predicted molar refractivity (Wildman–Crippen MR) is 246 cm³/mol. The fourth-order valence-electron chi connectivity index (χ4n) is 6.75. The summed E-state index contributed by atoms with van der Waals surface area (Å²) in [5.74, 6) is -1.84. The maximum Gasteiger partial charge on any atom is 0.303 e. The molecule has 1 unspecified atom stereocenters. The molecule has 18 nitrogen and oxygen atoms in total. The van der Waals surface area contributed by atoms with Crippen LogP contribution in [0, 0.1) is 0 Å². The maximum atomic E-state index is 12.5. The number of likely N-dealkylation sites (N-methyl/N-ethyl adjacent to an activating group) is 1. The first-order chi connectivity index (χ1) is 31.0. The van der Waals surface area contributed by atoms with Crippen LogP contribution in [0.25, 0.3) is 0 Å². The second kappa shape index (κ2) is 44.6. The number of carboxylic acid groups (broad SMARTS) is 1. The first-order valence-corrected chi connectivity index (χ1v) is 24.0. The van der Waals surface area contributed by atoms with Gasteiger partial charge in [-0.05, 0) is 52.5 Å². The van der Waals surface area contributed by atoms with E-state index in [-0.39, 0.29) is 133 Å². The van der Waals surface area contributed by atoms with Gasteiger partial charge in [0.2, 0.25) is 23.6 Å². The lowest BCUT2D eigenvalue weighted by molar-refractivity contribution is -0.137. The largest absolute Gasteiger partial charge is 0.481 e. The fourth-order valence-corrected chi connectivity index (χ4v) is 6.75. The summed E-state index contributed by atoms with van der Waals surface area (Å²) in [6, 6.07) is -0.952. The Hall–Kier alpha value is -3.55. The zero-order valence-electron chi connectivity index (χ0n) is 39.4. The molecule has 0 saturated heterocycles. The Morgan fingerprint density at radius 1 is 0.469 bits per heavy atom. The van der Waals surface area contributed by atoms with Gasteiger partial charge in [0.05, 0.1) is 58.3 Å². The molecule has 0 rings (SSSR count). The molecule has 0 radical (unpaired) electrons. The van der Waals surface area contributed by atoms with E-state index in [1.54, 1.807) is 7.05 Å². The number of amides is 4. The zero-order chi connectivity index (χ0) is 47.3. The molecule has 18 heteroatoms. The smallest absolute Gasteiger partial charge is 0.303 e. The van der Waals surface area contributed by atoms with Crippen LogP contribution in [0.4, 0.5) is 0 Å². The number of hydrogen-bond acceptors (Lipinski definition) is 13. The lowest BCUT2D eigenvalue weighted by atomic mass is 10.0. The third-order valence-corrected chi connectivity index (χ3v) is 10.6. The van der Waals surface area contributed by atoms with Gasteiger partial charge in [0.1, 0.15) is 13.2 Å². The Kier molecular flexibility index (Phi) is 42.2. The Balaban J connectivity index is 3.65. The molecule has 0 saturated carbocycles. The van der Waals surface area contributed by atoms with Gasteiger partial charge in [0, 0.05) is 38.9 Å². The number of nitrogens with one attached hydrogen (secondary N) is 5. The van der Waals surface area contributed by atoms with Crippen LogP contribution in [0.15, 0.2) is 0 Å². The van der Waals surface area contributed by atoms with Crippen molar-refractivity contribution in [3.63, 3.8) is 0 Å². The average molecular weight is 915 g/mol. The van der Waals surface area contributed by atoms with Crippen LogP contribution in [0.3, 0.4) is 0 Å². The van der Waals surface area contributed by atoms with Gasteiger partial charge in [0.15, 0.2) is 11.6 Å². The normalized spacial score (nSPS) is 12.0. The lowest BCUT2D eigenvalue weighted by Gasteiger charge is -2.16. The summed E-state index contributed by atoms with van der Waals surface area (Å²) in [7, 11) is 1.72. The zero-order valence-corrected chi connectivity index (χ0v) is 39.4. The SMILES string of the molecule is CN[C@@H](CCCCNC(=O)COCCOCCNC(=O)COCCOCCNC(=O)CCC(NC(=O)CCCCCCCCCCCCCCCCCCC(=O)O)C(C)=O)C(=O)CN. The minimum absolute atomic E-state index is 0.00625. The van der Waals surface area contributed by atoms with Crippen LogP contribution in [0.2, 0.25) is 0 Å². The summed E-state index contributed by atoms with van der Waals surface area (Å²) >= 11 is 0. The third kappa shape index (κ3) is 41.2. The summed E-state index contributed by atoms with van der Waals surface area (Å²) < 4.78 is 21.4. The molecule has 0 aliphatic carbocycles.